The van der Waals surface area contributed by atoms with E-state index in [1.165, 1.54) is 0 Å². The Hall–Kier alpha value is -1.44. The highest BCUT2D eigenvalue weighted by Crippen LogP contribution is 2.33. The van der Waals surface area contributed by atoms with Crippen LogP contribution in [0.5, 0.6) is 0 Å². The molecule has 2 heterocycles. The molecule has 2 saturated heterocycles. The fraction of sp³-hybridized carbons (Fsp3) is 0.800. The summed E-state index contributed by atoms with van der Waals surface area (Å²) in [5.74, 6) is -0.233. The van der Waals surface area contributed by atoms with E-state index < -0.39 is 12.0 Å². The number of thioether (sulfide) groups is 1. The first kappa shape index (κ1) is 17.9. The smallest absolute Gasteiger partial charge is 0.326 e. The van der Waals surface area contributed by atoms with Crippen molar-refractivity contribution in [2.24, 2.45) is 0 Å². The SMILES string of the molecule is CCCC(NC(=O)CCCC[C@@H]1SC[C@@H]2NC(=O)N[C@@H]21)C(=O)O. The quantitative estimate of drug-likeness (QED) is 0.370. The lowest BCUT2D eigenvalue weighted by Crippen LogP contribution is -2.40. The van der Waals surface area contributed by atoms with Crippen LogP contribution in [0.3, 0.4) is 0 Å². The van der Waals surface area contributed by atoms with Crippen LogP contribution in [0.15, 0.2) is 0 Å². The van der Waals surface area contributed by atoms with E-state index in [-0.39, 0.29) is 24.0 Å². The van der Waals surface area contributed by atoms with Crippen molar-refractivity contribution in [1.82, 2.24) is 16.0 Å². The van der Waals surface area contributed by atoms with Crippen LogP contribution in [0.4, 0.5) is 4.79 Å². The third kappa shape index (κ3) is 5.02. The number of hydrogen-bond donors (Lipinski definition) is 4. The topological polar surface area (TPSA) is 108 Å². The highest BCUT2D eigenvalue weighted by atomic mass is 32.2. The second kappa shape index (κ2) is 8.42. The van der Waals surface area contributed by atoms with Crippen molar-refractivity contribution in [3.63, 3.8) is 0 Å². The molecule has 2 aliphatic rings. The fourth-order valence-electron chi connectivity index (χ4n) is 3.09. The fourth-order valence-corrected chi connectivity index (χ4v) is 4.63. The summed E-state index contributed by atoms with van der Waals surface area (Å²) in [6.07, 6.45) is 4.12. The first-order valence-corrected chi connectivity index (χ1v) is 9.27. The van der Waals surface area contributed by atoms with Crippen molar-refractivity contribution in [2.45, 2.75) is 68.8 Å². The van der Waals surface area contributed by atoms with Gasteiger partial charge >= 0.3 is 12.0 Å². The number of carbonyl (C=O) groups excluding carboxylic acids is 2. The molecule has 8 heteroatoms. The molecule has 1 unspecified atom stereocenters. The van der Waals surface area contributed by atoms with E-state index in [1.54, 1.807) is 0 Å². The second-order valence-corrected chi connectivity index (χ2v) is 7.39. The van der Waals surface area contributed by atoms with Gasteiger partial charge in [-0.3, -0.25) is 4.79 Å². The summed E-state index contributed by atoms with van der Waals surface area (Å²) < 4.78 is 0. The number of hydrogen-bond acceptors (Lipinski definition) is 4. The van der Waals surface area contributed by atoms with E-state index in [0.29, 0.717) is 18.1 Å². The van der Waals surface area contributed by atoms with E-state index in [1.807, 2.05) is 18.7 Å². The summed E-state index contributed by atoms with van der Waals surface area (Å²) >= 11 is 1.86. The van der Waals surface area contributed by atoms with Crippen LogP contribution in [-0.2, 0) is 9.59 Å². The molecule has 2 aliphatic heterocycles. The molecule has 0 spiro atoms. The van der Waals surface area contributed by atoms with Gasteiger partial charge in [-0.05, 0) is 19.3 Å². The predicted molar refractivity (Wildman–Crippen MR) is 88.4 cm³/mol. The highest BCUT2D eigenvalue weighted by molar-refractivity contribution is 8.00. The third-order valence-electron chi connectivity index (χ3n) is 4.29. The van der Waals surface area contributed by atoms with Crippen LogP contribution >= 0.6 is 11.8 Å². The van der Waals surface area contributed by atoms with Gasteiger partial charge in [-0.1, -0.05) is 19.8 Å². The third-order valence-corrected chi connectivity index (χ3v) is 5.80. The van der Waals surface area contributed by atoms with Crippen molar-refractivity contribution < 1.29 is 19.5 Å². The van der Waals surface area contributed by atoms with E-state index in [9.17, 15) is 14.4 Å². The molecule has 130 valence electrons. The number of amides is 3. The molecule has 0 aromatic rings. The molecule has 0 saturated carbocycles. The lowest BCUT2D eigenvalue weighted by molar-refractivity contribution is -0.142. The van der Waals surface area contributed by atoms with Gasteiger partial charge in [0.05, 0.1) is 12.1 Å². The van der Waals surface area contributed by atoms with Crippen LogP contribution in [-0.4, -0.2) is 52.1 Å². The molecule has 0 aromatic carbocycles. The molecule has 0 bridgehead atoms. The van der Waals surface area contributed by atoms with Crippen molar-refractivity contribution in [2.75, 3.05) is 5.75 Å². The lowest BCUT2D eigenvalue weighted by Gasteiger charge is -2.16. The predicted octanol–water partition coefficient (Wildman–Crippen LogP) is 1.08. The Labute approximate surface area is 140 Å². The maximum Gasteiger partial charge on any atom is 0.326 e. The van der Waals surface area contributed by atoms with E-state index in [2.05, 4.69) is 16.0 Å². The summed E-state index contributed by atoms with van der Waals surface area (Å²) in [4.78, 5) is 34.1. The zero-order valence-corrected chi connectivity index (χ0v) is 14.2. The maximum atomic E-state index is 11.8. The average Bonchev–Trinajstić information content (AvgIpc) is 3.02. The van der Waals surface area contributed by atoms with Crippen LogP contribution in [0.25, 0.3) is 0 Å². The zero-order chi connectivity index (χ0) is 16.8. The minimum absolute atomic E-state index is 0.0830. The number of carboxylic acid groups (broad SMARTS) is 1. The van der Waals surface area contributed by atoms with Crippen molar-refractivity contribution in [1.29, 1.82) is 0 Å². The van der Waals surface area contributed by atoms with Gasteiger partial charge in [0.2, 0.25) is 5.91 Å². The van der Waals surface area contributed by atoms with Gasteiger partial charge < -0.3 is 21.1 Å². The minimum atomic E-state index is -0.974. The lowest BCUT2D eigenvalue weighted by atomic mass is 10.0. The van der Waals surface area contributed by atoms with Crippen LogP contribution in [0.2, 0.25) is 0 Å². The van der Waals surface area contributed by atoms with Crippen molar-refractivity contribution in [3.05, 3.63) is 0 Å². The van der Waals surface area contributed by atoms with Crippen LogP contribution in [0, 0.1) is 0 Å². The number of carboxylic acids is 1. The number of rotatable bonds is 9. The first-order valence-electron chi connectivity index (χ1n) is 8.22. The Morgan fingerprint density at radius 3 is 2.87 bits per heavy atom. The normalized spacial score (nSPS) is 27.0. The number of carbonyl (C=O) groups is 3. The Kier molecular flexibility index (Phi) is 6.56. The largest absolute Gasteiger partial charge is 0.480 e. The van der Waals surface area contributed by atoms with Crippen molar-refractivity contribution in [3.8, 4) is 0 Å². The van der Waals surface area contributed by atoms with Crippen LogP contribution < -0.4 is 16.0 Å². The molecular weight excluding hydrogens is 318 g/mol. The molecule has 7 nitrogen and oxygen atoms in total. The molecule has 0 radical (unpaired) electrons. The van der Waals surface area contributed by atoms with Gasteiger partial charge in [-0.25, -0.2) is 9.59 Å². The highest BCUT2D eigenvalue weighted by Gasteiger charge is 2.42. The van der Waals surface area contributed by atoms with E-state index >= 15 is 0 Å². The summed E-state index contributed by atoms with van der Waals surface area (Å²) in [6, 6.07) is -0.438. The number of aliphatic carboxylic acids is 1. The molecule has 2 rings (SSSR count). The zero-order valence-electron chi connectivity index (χ0n) is 13.3. The Bertz CT molecular complexity index is 460. The minimum Gasteiger partial charge on any atom is -0.480 e. The average molecular weight is 343 g/mol. The van der Waals surface area contributed by atoms with Gasteiger partial charge in [-0.15, -0.1) is 0 Å². The Morgan fingerprint density at radius 1 is 1.39 bits per heavy atom. The number of urea groups is 1. The summed E-state index contributed by atoms with van der Waals surface area (Å²) in [5, 5.41) is 17.9. The molecule has 4 N–H and O–H groups in total. The Balaban J connectivity index is 1.62. The van der Waals surface area contributed by atoms with E-state index in [4.69, 9.17) is 5.11 Å². The first-order chi connectivity index (χ1) is 11.0. The van der Waals surface area contributed by atoms with Gasteiger partial charge in [0.25, 0.3) is 0 Å². The summed E-state index contributed by atoms with van der Waals surface area (Å²) in [7, 11) is 0. The molecular formula is C15H25N3O4S. The molecule has 0 aliphatic carbocycles. The van der Waals surface area contributed by atoms with Gasteiger partial charge in [0.1, 0.15) is 6.04 Å². The van der Waals surface area contributed by atoms with Crippen molar-refractivity contribution >= 4 is 29.7 Å². The van der Waals surface area contributed by atoms with Gasteiger partial charge in [0.15, 0.2) is 0 Å². The summed E-state index contributed by atoms with van der Waals surface area (Å²) in [6.45, 7) is 1.89. The van der Waals surface area contributed by atoms with Gasteiger partial charge in [0, 0.05) is 17.4 Å². The van der Waals surface area contributed by atoms with E-state index in [0.717, 1.165) is 31.4 Å². The summed E-state index contributed by atoms with van der Waals surface area (Å²) in [5.41, 5.74) is 0. The molecule has 2 fully saturated rings. The molecule has 4 atom stereocenters. The second-order valence-electron chi connectivity index (χ2n) is 6.11. The Morgan fingerprint density at radius 2 is 2.17 bits per heavy atom. The monoisotopic (exact) mass is 343 g/mol. The number of unbranched alkanes of at least 4 members (excludes halogenated alkanes) is 1. The van der Waals surface area contributed by atoms with Crippen LogP contribution in [0.1, 0.15) is 45.4 Å². The van der Waals surface area contributed by atoms with Gasteiger partial charge in [-0.2, -0.15) is 11.8 Å². The molecule has 23 heavy (non-hydrogen) atoms. The standard InChI is InChI=1S/C15H25N3O4S/c1-2-5-9(14(20)21)16-12(19)7-4-3-6-11-13-10(8-23-11)17-15(22)18-13/h9-11,13H,2-8H2,1H3,(H,16,19)(H,20,21)(H2,17,18,22)/t9?,10-,11-,13-/m0/s1. The number of nitrogens with one attached hydrogen (secondary N) is 3. The molecule has 0 aromatic heterocycles. The maximum absolute atomic E-state index is 11.8. The molecule has 3 amide bonds. The number of fused-ring (bicyclic) bond motifs is 1.